The van der Waals surface area contributed by atoms with E-state index in [0.717, 1.165) is 0 Å². The van der Waals surface area contributed by atoms with Crippen LogP contribution in [0.1, 0.15) is 29.8 Å². The zero-order valence-corrected chi connectivity index (χ0v) is 16.7. The molecule has 0 aliphatic carbocycles. The van der Waals surface area contributed by atoms with Gasteiger partial charge in [-0.3, -0.25) is 20.2 Å². The van der Waals surface area contributed by atoms with Gasteiger partial charge in [-0.2, -0.15) is 0 Å². The summed E-state index contributed by atoms with van der Waals surface area (Å²) >= 11 is 0. The lowest BCUT2D eigenvalue weighted by atomic mass is 10.1. The average molecular weight is 412 g/mol. The molecule has 156 valence electrons. The third-order valence-corrected chi connectivity index (χ3v) is 4.10. The minimum atomic E-state index is -0.602. The maximum atomic E-state index is 12.4. The Labute approximate surface area is 172 Å². The minimum Gasteiger partial charge on any atom is -0.490 e. The number of hydrogen-bond donors (Lipinski definition) is 1. The fourth-order valence-corrected chi connectivity index (χ4v) is 2.69. The summed E-state index contributed by atoms with van der Waals surface area (Å²) in [7, 11) is 0. The van der Waals surface area contributed by atoms with Crippen LogP contribution in [0.2, 0.25) is 0 Å². The number of nitro benzene ring substituents is 1. The molecule has 1 amide bonds. The predicted molar refractivity (Wildman–Crippen MR) is 108 cm³/mol. The zero-order chi connectivity index (χ0) is 21.7. The molecular formula is C20H20N4O6. The molecule has 1 N–H and O–H groups in total. The number of nitrogens with zero attached hydrogens (tertiary/aromatic N) is 3. The van der Waals surface area contributed by atoms with Gasteiger partial charge in [-0.05, 0) is 45.0 Å². The van der Waals surface area contributed by atoms with Gasteiger partial charge in [0, 0.05) is 22.8 Å². The van der Waals surface area contributed by atoms with Crippen LogP contribution in [-0.2, 0) is 0 Å². The molecule has 30 heavy (non-hydrogen) atoms. The van der Waals surface area contributed by atoms with Crippen LogP contribution >= 0.6 is 0 Å². The van der Waals surface area contributed by atoms with Gasteiger partial charge in [0.15, 0.2) is 11.5 Å². The summed E-state index contributed by atoms with van der Waals surface area (Å²) in [4.78, 5) is 22.9. The van der Waals surface area contributed by atoms with Crippen LogP contribution in [0.5, 0.6) is 11.5 Å². The number of carbonyl (C=O) groups is 1. The number of aryl methyl sites for hydroxylation is 1. The normalized spacial score (nSPS) is 10.5. The highest BCUT2D eigenvalue weighted by Gasteiger charge is 2.18. The maximum Gasteiger partial charge on any atom is 0.322 e. The van der Waals surface area contributed by atoms with Gasteiger partial charge in [0.2, 0.25) is 5.89 Å². The van der Waals surface area contributed by atoms with Crippen LogP contribution in [-0.4, -0.2) is 34.2 Å². The van der Waals surface area contributed by atoms with Gasteiger partial charge in [0.05, 0.1) is 18.1 Å². The maximum absolute atomic E-state index is 12.4. The number of benzene rings is 2. The summed E-state index contributed by atoms with van der Waals surface area (Å²) in [5.41, 5.74) is 0.997. The first-order valence-corrected chi connectivity index (χ1v) is 9.22. The first-order chi connectivity index (χ1) is 14.4. The highest BCUT2D eigenvalue weighted by molar-refractivity contribution is 6.03. The molecule has 3 rings (SSSR count). The number of nitro groups is 1. The monoisotopic (exact) mass is 412 g/mol. The summed E-state index contributed by atoms with van der Waals surface area (Å²) in [6.07, 6.45) is 0. The van der Waals surface area contributed by atoms with E-state index < -0.39 is 10.8 Å². The molecule has 0 radical (unpaired) electrons. The summed E-state index contributed by atoms with van der Waals surface area (Å²) in [5, 5.41) is 21.3. The molecular weight excluding hydrogens is 392 g/mol. The van der Waals surface area contributed by atoms with E-state index >= 15 is 0 Å². The highest BCUT2D eigenvalue weighted by atomic mass is 16.6. The van der Waals surface area contributed by atoms with Crippen molar-refractivity contribution in [1.82, 2.24) is 10.2 Å². The molecule has 0 aliphatic heterocycles. The minimum absolute atomic E-state index is 0.103. The fourth-order valence-electron chi connectivity index (χ4n) is 2.69. The number of hydrogen-bond acceptors (Lipinski definition) is 8. The Morgan fingerprint density at radius 2 is 1.83 bits per heavy atom. The average Bonchev–Trinajstić information content (AvgIpc) is 3.18. The van der Waals surface area contributed by atoms with Gasteiger partial charge in [0.1, 0.15) is 0 Å². The van der Waals surface area contributed by atoms with E-state index in [-0.39, 0.29) is 23.2 Å². The van der Waals surface area contributed by atoms with Gasteiger partial charge in [0.25, 0.3) is 11.6 Å². The van der Waals surface area contributed by atoms with E-state index in [2.05, 4.69) is 15.5 Å². The molecule has 0 bridgehead atoms. The van der Waals surface area contributed by atoms with E-state index in [4.69, 9.17) is 13.9 Å². The first-order valence-electron chi connectivity index (χ1n) is 9.22. The molecule has 0 spiro atoms. The molecule has 0 aliphatic rings. The van der Waals surface area contributed by atoms with Gasteiger partial charge < -0.3 is 13.9 Å². The molecule has 1 aromatic heterocycles. The van der Waals surface area contributed by atoms with Gasteiger partial charge in [-0.15, -0.1) is 5.10 Å². The van der Waals surface area contributed by atoms with E-state index in [0.29, 0.717) is 35.8 Å². The largest absolute Gasteiger partial charge is 0.490 e. The van der Waals surface area contributed by atoms with Gasteiger partial charge >= 0.3 is 6.01 Å². The molecule has 10 nitrogen and oxygen atoms in total. The van der Waals surface area contributed by atoms with Crippen molar-refractivity contribution >= 4 is 17.6 Å². The Bertz CT molecular complexity index is 1080. The predicted octanol–water partition coefficient (Wildman–Crippen LogP) is 4.00. The standard InChI is InChI=1S/C20H20N4O6/c1-4-28-16-9-8-14(11-17(16)29-5-2)19-22-23-20(30-19)21-18(25)13-7-6-12(3)15(10-13)24(26)27/h6-11H,4-5H2,1-3H3,(H,21,23,25). The van der Waals surface area contributed by atoms with Crippen LogP contribution in [0, 0.1) is 17.0 Å². The van der Waals surface area contributed by atoms with Crippen molar-refractivity contribution < 1.29 is 23.6 Å². The van der Waals surface area contributed by atoms with E-state index in [1.165, 1.54) is 18.2 Å². The quantitative estimate of drug-likeness (QED) is 0.434. The van der Waals surface area contributed by atoms with Crippen LogP contribution in [0.3, 0.4) is 0 Å². The Balaban J connectivity index is 1.80. The number of ether oxygens (including phenoxy) is 2. The van der Waals surface area contributed by atoms with Gasteiger partial charge in [-0.1, -0.05) is 11.2 Å². The Morgan fingerprint density at radius 3 is 2.53 bits per heavy atom. The van der Waals surface area contributed by atoms with Crippen LogP contribution < -0.4 is 14.8 Å². The molecule has 0 atom stereocenters. The van der Waals surface area contributed by atoms with Crippen molar-refractivity contribution in [2.45, 2.75) is 20.8 Å². The number of rotatable bonds is 8. The lowest BCUT2D eigenvalue weighted by Crippen LogP contribution is -2.12. The Morgan fingerprint density at radius 1 is 1.10 bits per heavy atom. The van der Waals surface area contributed by atoms with Crippen LogP contribution in [0.15, 0.2) is 40.8 Å². The number of anilines is 1. The molecule has 3 aromatic rings. The van der Waals surface area contributed by atoms with Crippen molar-refractivity contribution in [3.8, 4) is 23.0 Å². The third kappa shape index (κ3) is 4.54. The first kappa shape index (κ1) is 20.8. The Kier molecular flexibility index (Phi) is 6.26. The molecule has 1 heterocycles. The number of nitrogens with one attached hydrogen (secondary N) is 1. The highest BCUT2D eigenvalue weighted by Crippen LogP contribution is 2.33. The molecule has 0 saturated heterocycles. The van der Waals surface area contributed by atoms with Crippen molar-refractivity contribution in [1.29, 1.82) is 0 Å². The van der Waals surface area contributed by atoms with Crippen molar-refractivity contribution in [2.24, 2.45) is 0 Å². The second kappa shape index (κ2) is 9.03. The molecule has 2 aromatic carbocycles. The van der Waals surface area contributed by atoms with E-state index in [1.54, 1.807) is 25.1 Å². The summed E-state index contributed by atoms with van der Waals surface area (Å²) in [6, 6.07) is 9.22. The molecule has 10 heteroatoms. The SMILES string of the molecule is CCOc1ccc(-c2nnc(NC(=O)c3ccc(C)c([N+](=O)[O-])c3)o2)cc1OCC. The summed E-state index contributed by atoms with van der Waals surface area (Å²) in [6.45, 7) is 6.28. The fraction of sp³-hybridized carbons (Fsp3) is 0.250. The molecule has 0 fully saturated rings. The van der Waals surface area contributed by atoms with Crippen molar-refractivity contribution in [2.75, 3.05) is 18.5 Å². The lowest BCUT2D eigenvalue weighted by molar-refractivity contribution is -0.385. The van der Waals surface area contributed by atoms with Crippen LogP contribution in [0.4, 0.5) is 11.7 Å². The number of aromatic nitrogens is 2. The number of amides is 1. The third-order valence-electron chi connectivity index (χ3n) is 4.10. The molecule has 0 saturated carbocycles. The van der Waals surface area contributed by atoms with Crippen molar-refractivity contribution in [3.63, 3.8) is 0 Å². The number of carbonyl (C=O) groups excluding carboxylic acids is 1. The molecule has 0 unspecified atom stereocenters. The Hall–Kier alpha value is -3.95. The summed E-state index contributed by atoms with van der Waals surface area (Å²) in [5.74, 6) is 0.698. The smallest absolute Gasteiger partial charge is 0.322 e. The zero-order valence-electron chi connectivity index (χ0n) is 16.7. The van der Waals surface area contributed by atoms with Crippen molar-refractivity contribution in [3.05, 3.63) is 57.6 Å². The topological polar surface area (TPSA) is 130 Å². The lowest BCUT2D eigenvalue weighted by Gasteiger charge is -2.11. The van der Waals surface area contributed by atoms with Crippen LogP contribution in [0.25, 0.3) is 11.5 Å². The van der Waals surface area contributed by atoms with Gasteiger partial charge in [-0.25, -0.2) is 0 Å². The van der Waals surface area contributed by atoms with E-state index in [9.17, 15) is 14.9 Å². The second-order valence-corrected chi connectivity index (χ2v) is 6.15. The second-order valence-electron chi connectivity index (χ2n) is 6.15. The summed E-state index contributed by atoms with van der Waals surface area (Å²) < 4.78 is 16.6. The van der Waals surface area contributed by atoms with E-state index in [1.807, 2.05) is 13.8 Å².